The lowest BCUT2D eigenvalue weighted by atomic mass is 10.1. The Kier molecular flexibility index (Phi) is 2.46. The number of rotatable bonds is 2. The number of nitrogens with zero attached hydrogens (tertiary/aromatic N) is 1. The highest BCUT2D eigenvalue weighted by Gasteiger charge is 2.06. The molecule has 0 fully saturated rings. The third-order valence-corrected chi connectivity index (χ3v) is 2.50. The number of benzene rings is 1. The molecule has 3 nitrogen and oxygen atoms in total. The summed E-state index contributed by atoms with van der Waals surface area (Å²) in [7, 11) is 0. The topological polar surface area (TPSA) is 37.8 Å². The lowest BCUT2D eigenvalue weighted by molar-refractivity contribution is 0.736. The molecule has 0 amide bonds. The summed E-state index contributed by atoms with van der Waals surface area (Å²) < 4.78 is 1.73. The van der Waals surface area contributed by atoms with Crippen molar-refractivity contribution in [3.05, 3.63) is 46.5 Å². The summed E-state index contributed by atoms with van der Waals surface area (Å²) in [5.74, 6) is 0. The molecule has 0 spiro atoms. The van der Waals surface area contributed by atoms with Crippen molar-refractivity contribution in [1.82, 2.24) is 9.55 Å². The molecular weight excluding hydrogens is 188 g/mol. The molecule has 1 heterocycles. The molecular formula is C12H14N2O. The quantitative estimate of drug-likeness (QED) is 0.796. The van der Waals surface area contributed by atoms with Gasteiger partial charge in [0.15, 0.2) is 0 Å². The lowest BCUT2D eigenvalue weighted by Gasteiger charge is -2.04. The van der Waals surface area contributed by atoms with Crippen molar-refractivity contribution >= 4 is 0 Å². The van der Waals surface area contributed by atoms with E-state index in [2.05, 4.69) is 11.1 Å². The zero-order valence-corrected chi connectivity index (χ0v) is 8.95. The van der Waals surface area contributed by atoms with Gasteiger partial charge >= 0.3 is 5.69 Å². The molecule has 0 bridgehead atoms. The van der Waals surface area contributed by atoms with Gasteiger partial charge in [0, 0.05) is 18.3 Å². The fourth-order valence-electron chi connectivity index (χ4n) is 1.75. The van der Waals surface area contributed by atoms with E-state index in [4.69, 9.17) is 0 Å². The van der Waals surface area contributed by atoms with Crippen LogP contribution in [-0.2, 0) is 6.54 Å². The molecule has 2 aromatic rings. The number of hydrogen-bond donors (Lipinski definition) is 1. The van der Waals surface area contributed by atoms with Gasteiger partial charge in [-0.1, -0.05) is 23.8 Å². The van der Waals surface area contributed by atoms with Crippen LogP contribution in [0.2, 0.25) is 0 Å². The van der Waals surface area contributed by atoms with E-state index in [9.17, 15) is 4.79 Å². The van der Waals surface area contributed by atoms with Crippen LogP contribution in [0.25, 0.3) is 11.3 Å². The van der Waals surface area contributed by atoms with Crippen LogP contribution in [-0.4, -0.2) is 9.55 Å². The van der Waals surface area contributed by atoms with Crippen molar-refractivity contribution in [3.63, 3.8) is 0 Å². The van der Waals surface area contributed by atoms with Gasteiger partial charge in [-0.2, -0.15) is 0 Å². The van der Waals surface area contributed by atoms with Crippen LogP contribution >= 0.6 is 0 Å². The molecule has 1 aromatic heterocycles. The van der Waals surface area contributed by atoms with Crippen molar-refractivity contribution in [2.75, 3.05) is 0 Å². The number of imidazole rings is 1. The predicted molar refractivity (Wildman–Crippen MR) is 60.9 cm³/mol. The van der Waals surface area contributed by atoms with Gasteiger partial charge in [-0.15, -0.1) is 0 Å². The Morgan fingerprint density at radius 3 is 2.87 bits per heavy atom. The number of hydrogen-bond acceptors (Lipinski definition) is 1. The lowest BCUT2D eigenvalue weighted by Crippen LogP contribution is -2.16. The Labute approximate surface area is 88.4 Å². The molecule has 15 heavy (non-hydrogen) atoms. The molecule has 0 saturated carbocycles. The molecule has 3 heteroatoms. The molecule has 78 valence electrons. The predicted octanol–water partition coefficient (Wildman–Crippen LogP) is 2.17. The van der Waals surface area contributed by atoms with Crippen LogP contribution in [0.15, 0.2) is 35.3 Å². The van der Waals surface area contributed by atoms with Gasteiger partial charge in [0.1, 0.15) is 0 Å². The zero-order valence-electron chi connectivity index (χ0n) is 8.95. The van der Waals surface area contributed by atoms with Gasteiger partial charge in [-0.3, -0.25) is 4.57 Å². The summed E-state index contributed by atoms with van der Waals surface area (Å²) in [4.78, 5) is 14.2. The Hall–Kier alpha value is -1.77. The molecule has 0 radical (unpaired) electrons. The third kappa shape index (κ3) is 1.73. The first kappa shape index (κ1) is 9.77. The van der Waals surface area contributed by atoms with E-state index in [1.807, 2.05) is 32.0 Å². The Balaban J connectivity index is 2.59. The molecule has 0 atom stereocenters. The monoisotopic (exact) mass is 202 g/mol. The highest BCUT2D eigenvalue weighted by atomic mass is 16.1. The van der Waals surface area contributed by atoms with Gasteiger partial charge in [0.05, 0.1) is 5.69 Å². The van der Waals surface area contributed by atoms with Gasteiger partial charge in [-0.25, -0.2) is 4.79 Å². The van der Waals surface area contributed by atoms with E-state index in [0.29, 0.717) is 6.54 Å². The van der Waals surface area contributed by atoms with E-state index in [-0.39, 0.29) is 5.69 Å². The largest absolute Gasteiger partial charge is 0.325 e. The van der Waals surface area contributed by atoms with Gasteiger partial charge in [0.25, 0.3) is 0 Å². The number of nitrogens with one attached hydrogen (secondary N) is 1. The van der Waals surface area contributed by atoms with Crippen molar-refractivity contribution in [2.24, 2.45) is 0 Å². The van der Waals surface area contributed by atoms with E-state index in [0.717, 1.165) is 11.3 Å². The van der Waals surface area contributed by atoms with E-state index in [1.165, 1.54) is 5.56 Å². The SMILES string of the molecule is CCn1c(-c2cccc(C)c2)c[nH]c1=O. The van der Waals surface area contributed by atoms with Crippen LogP contribution in [0.3, 0.4) is 0 Å². The summed E-state index contributed by atoms with van der Waals surface area (Å²) in [5.41, 5.74) is 3.18. The van der Waals surface area contributed by atoms with E-state index in [1.54, 1.807) is 10.8 Å². The van der Waals surface area contributed by atoms with Crippen LogP contribution in [0.4, 0.5) is 0 Å². The van der Waals surface area contributed by atoms with Crippen molar-refractivity contribution < 1.29 is 0 Å². The fraction of sp³-hybridized carbons (Fsp3) is 0.250. The third-order valence-electron chi connectivity index (χ3n) is 2.50. The molecule has 0 aliphatic heterocycles. The zero-order chi connectivity index (χ0) is 10.8. The average Bonchev–Trinajstić information content (AvgIpc) is 2.59. The summed E-state index contributed by atoms with van der Waals surface area (Å²) >= 11 is 0. The number of aromatic amines is 1. The standard InChI is InChI=1S/C12H14N2O/c1-3-14-11(8-13-12(14)15)10-6-4-5-9(2)7-10/h4-8H,3H2,1-2H3,(H,13,15). The maximum atomic E-state index is 11.4. The second kappa shape index (κ2) is 3.77. The Morgan fingerprint density at radius 1 is 1.40 bits per heavy atom. The van der Waals surface area contributed by atoms with Crippen LogP contribution in [0, 0.1) is 6.92 Å². The summed E-state index contributed by atoms with van der Waals surface area (Å²) in [6.07, 6.45) is 1.76. The first-order valence-electron chi connectivity index (χ1n) is 5.07. The summed E-state index contributed by atoms with van der Waals surface area (Å²) in [5, 5.41) is 0. The smallest absolute Gasteiger partial charge is 0.312 e. The summed E-state index contributed by atoms with van der Waals surface area (Å²) in [6, 6.07) is 8.14. The first-order valence-corrected chi connectivity index (χ1v) is 5.07. The van der Waals surface area contributed by atoms with Gasteiger partial charge < -0.3 is 4.98 Å². The number of H-pyrrole nitrogens is 1. The highest BCUT2D eigenvalue weighted by molar-refractivity contribution is 5.59. The maximum Gasteiger partial charge on any atom is 0.325 e. The molecule has 0 saturated heterocycles. The van der Waals surface area contributed by atoms with Crippen LogP contribution < -0.4 is 5.69 Å². The second-order valence-electron chi connectivity index (χ2n) is 3.59. The maximum absolute atomic E-state index is 11.4. The van der Waals surface area contributed by atoms with Gasteiger partial charge in [0.2, 0.25) is 0 Å². The fourth-order valence-corrected chi connectivity index (χ4v) is 1.75. The summed E-state index contributed by atoms with van der Waals surface area (Å²) in [6.45, 7) is 4.70. The van der Waals surface area contributed by atoms with Crippen molar-refractivity contribution in [1.29, 1.82) is 0 Å². The molecule has 0 unspecified atom stereocenters. The van der Waals surface area contributed by atoms with E-state index < -0.39 is 0 Å². The second-order valence-corrected chi connectivity index (χ2v) is 3.59. The molecule has 2 rings (SSSR count). The minimum Gasteiger partial charge on any atom is -0.312 e. The highest BCUT2D eigenvalue weighted by Crippen LogP contribution is 2.18. The van der Waals surface area contributed by atoms with Crippen molar-refractivity contribution in [3.8, 4) is 11.3 Å². The first-order chi connectivity index (χ1) is 7.22. The average molecular weight is 202 g/mol. The molecule has 0 aliphatic carbocycles. The Bertz CT molecular complexity index is 522. The molecule has 1 aromatic carbocycles. The van der Waals surface area contributed by atoms with Gasteiger partial charge in [-0.05, 0) is 19.9 Å². The van der Waals surface area contributed by atoms with Crippen LogP contribution in [0.1, 0.15) is 12.5 Å². The molecule has 0 aliphatic rings. The van der Waals surface area contributed by atoms with E-state index >= 15 is 0 Å². The van der Waals surface area contributed by atoms with Crippen molar-refractivity contribution in [2.45, 2.75) is 20.4 Å². The normalized spacial score (nSPS) is 10.5. The Morgan fingerprint density at radius 2 is 2.20 bits per heavy atom. The minimum atomic E-state index is -0.0472. The number of aromatic nitrogens is 2. The minimum absolute atomic E-state index is 0.0472. The molecule has 1 N–H and O–H groups in total. The number of aryl methyl sites for hydroxylation is 1. The van der Waals surface area contributed by atoms with Crippen LogP contribution in [0.5, 0.6) is 0 Å².